The van der Waals surface area contributed by atoms with Gasteiger partial charge in [-0.15, -0.1) is 0 Å². The van der Waals surface area contributed by atoms with E-state index >= 15 is 0 Å². The van der Waals surface area contributed by atoms with E-state index in [9.17, 15) is 4.79 Å². The van der Waals surface area contributed by atoms with E-state index < -0.39 is 0 Å². The van der Waals surface area contributed by atoms with Crippen LogP contribution in [0.15, 0.2) is 24.3 Å². The first-order valence-corrected chi connectivity index (χ1v) is 7.04. The molecule has 1 amide bonds. The summed E-state index contributed by atoms with van der Waals surface area (Å²) >= 11 is 0. The molecule has 1 fully saturated rings. The van der Waals surface area contributed by atoms with Crippen molar-refractivity contribution in [2.24, 2.45) is 5.73 Å². The lowest BCUT2D eigenvalue weighted by atomic mass is 10.2. The number of para-hydroxylation sites is 2. The summed E-state index contributed by atoms with van der Waals surface area (Å²) in [6, 6.07) is 7.50. The van der Waals surface area contributed by atoms with Crippen LogP contribution in [0.25, 0.3) is 0 Å². The molecule has 1 heterocycles. The maximum Gasteiger partial charge on any atom is 0.224 e. The maximum atomic E-state index is 11.9. The monoisotopic (exact) mass is 278 g/mol. The zero-order chi connectivity index (χ0) is 14.4. The largest absolute Gasteiger partial charge is 0.486 e. The van der Waals surface area contributed by atoms with Gasteiger partial charge >= 0.3 is 0 Å². The Kier molecular flexibility index (Phi) is 5.38. The smallest absolute Gasteiger partial charge is 0.224 e. The van der Waals surface area contributed by atoms with E-state index in [1.54, 1.807) is 0 Å². The molecule has 1 saturated heterocycles. The predicted molar refractivity (Wildman–Crippen MR) is 77.8 cm³/mol. The molecule has 2 atom stereocenters. The molecule has 2 rings (SSSR count). The Balaban J connectivity index is 1.94. The summed E-state index contributed by atoms with van der Waals surface area (Å²) in [7, 11) is 0. The van der Waals surface area contributed by atoms with Crippen LogP contribution in [0.1, 0.15) is 26.2 Å². The lowest BCUT2D eigenvalue weighted by Crippen LogP contribution is -2.20. The molecule has 110 valence electrons. The van der Waals surface area contributed by atoms with Gasteiger partial charge in [0.25, 0.3) is 0 Å². The van der Waals surface area contributed by atoms with E-state index in [0.29, 0.717) is 30.9 Å². The van der Waals surface area contributed by atoms with Crippen LogP contribution in [0.2, 0.25) is 0 Å². The topological polar surface area (TPSA) is 73.6 Å². The minimum Gasteiger partial charge on any atom is -0.486 e. The molecular weight excluding hydrogens is 256 g/mol. The van der Waals surface area contributed by atoms with Crippen molar-refractivity contribution in [3.63, 3.8) is 0 Å². The van der Waals surface area contributed by atoms with Gasteiger partial charge in [-0.2, -0.15) is 0 Å². The van der Waals surface area contributed by atoms with Gasteiger partial charge in [0.2, 0.25) is 5.91 Å². The summed E-state index contributed by atoms with van der Waals surface area (Å²) in [5.41, 5.74) is 6.36. The molecule has 1 aromatic rings. The van der Waals surface area contributed by atoms with Gasteiger partial charge in [-0.05, 0) is 25.5 Å². The Hall–Kier alpha value is -1.59. The Bertz CT molecular complexity index is 442. The molecule has 0 radical (unpaired) electrons. The van der Waals surface area contributed by atoms with Crippen LogP contribution in [-0.2, 0) is 9.53 Å². The zero-order valence-corrected chi connectivity index (χ0v) is 11.8. The number of hydrogen-bond donors (Lipinski definition) is 2. The second-order valence-corrected chi connectivity index (χ2v) is 5.16. The molecule has 0 saturated carbocycles. The summed E-state index contributed by atoms with van der Waals surface area (Å²) in [6.07, 6.45) is 2.04. The molecule has 3 N–H and O–H groups in total. The van der Waals surface area contributed by atoms with E-state index in [1.807, 2.05) is 31.2 Å². The Labute approximate surface area is 119 Å². The van der Waals surface area contributed by atoms with Gasteiger partial charge in [0.1, 0.15) is 11.9 Å². The van der Waals surface area contributed by atoms with Crippen LogP contribution in [0, 0.1) is 0 Å². The fraction of sp³-hybridized carbons (Fsp3) is 0.533. The third-order valence-electron chi connectivity index (χ3n) is 3.17. The summed E-state index contributed by atoms with van der Waals surface area (Å²) in [6.45, 7) is 3.23. The van der Waals surface area contributed by atoms with Crippen molar-refractivity contribution in [3.05, 3.63) is 24.3 Å². The highest BCUT2D eigenvalue weighted by molar-refractivity contribution is 5.92. The maximum absolute atomic E-state index is 11.9. The van der Waals surface area contributed by atoms with Crippen LogP contribution in [-0.4, -0.2) is 31.3 Å². The number of ether oxygens (including phenoxy) is 2. The molecule has 5 nitrogen and oxygen atoms in total. The fourth-order valence-electron chi connectivity index (χ4n) is 2.03. The molecule has 0 aromatic heterocycles. The van der Waals surface area contributed by atoms with Gasteiger partial charge in [0.15, 0.2) is 0 Å². The second-order valence-electron chi connectivity index (χ2n) is 5.16. The molecular formula is C15H22N2O3. The second kappa shape index (κ2) is 7.26. The van der Waals surface area contributed by atoms with Crippen molar-refractivity contribution in [1.29, 1.82) is 0 Å². The highest BCUT2D eigenvalue weighted by Crippen LogP contribution is 2.26. The average Bonchev–Trinajstić information content (AvgIpc) is 2.92. The minimum absolute atomic E-state index is 0.0304. The Morgan fingerprint density at radius 1 is 1.55 bits per heavy atom. The number of rotatable bonds is 6. The SMILES string of the molecule is CC(N)CCC(=O)Nc1ccccc1OC1CCOC1. The van der Waals surface area contributed by atoms with E-state index in [1.165, 1.54) is 0 Å². The molecule has 0 spiro atoms. The highest BCUT2D eigenvalue weighted by Gasteiger charge is 2.18. The Morgan fingerprint density at radius 2 is 2.35 bits per heavy atom. The number of carbonyl (C=O) groups excluding carboxylic acids is 1. The van der Waals surface area contributed by atoms with E-state index in [4.69, 9.17) is 15.2 Å². The molecule has 2 unspecified atom stereocenters. The summed E-state index contributed by atoms with van der Waals surface area (Å²) < 4.78 is 11.2. The first kappa shape index (κ1) is 14.8. The van der Waals surface area contributed by atoms with Crippen molar-refractivity contribution < 1.29 is 14.3 Å². The number of amides is 1. The number of anilines is 1. The van der Waals surface area contributed by atoms with Crippen LogP contribution in [0.4, 0.5) is 5.69 Å². The summed E-state index contributed by atoms with van der Waals surface area (Å²) in [5.74, 6) is 0.651. The lowest BCUT2D eigenvalue weighted by Gasteiger charge is -2.16. The van der Waals surface area contributed by atoms with Gasteiger partial charge in [-0.3, -0.25) is 4.79 Å². The van der Waals surface area contributed by atoms with Crippen molar-refractivity contribution in [2.45, 2.75) is 38.3 Å². The van der Waals surface area contributed by atoms with Crippen molar-refractivity contribution in [3.8, 4) is 5.75 Å². The van der Waals surface area contributed by atoms with E-state index in [2.05, 4.69) is 5.32 Å². The number of nitrogens with two attached hydrogens (primary N) is 1. The Morgan fingerprint density at radius 3 is 3.05 bits per heavy atom. The quantitative estimate of drug-likeness (QED) is 0.833. The van der Waals surface area contributed by atoms with Crippen LogP contribution < -0.4 is 15.8 Å². The number of benzene rings is 1. The zero-order valence-electron chi connectivity index (χ0n) is 11.8. The highest BCUT2D eigenvalue weighted by atomic mass is 16.5. The van der Waals surface area contributed by atoms with Crippen molar-refractivity contribution >= 4 is 11.6 Å². The molecule has 1 aromatic carbocycles. The van der Waals surface area contributed by atoms with Gasteiger partial charge in [-0.25, -0.2) is 0 Å². The normalized spacial score (nSPS) is 19.6. The van der Waals surface area contributed by atoms with Crippen molar-refractivity contribution in [2.75, 3.05) is 18.5 Å². The molecule has 5 heteroatoms. The molecule has 1 aliphatic rings. The van der Waals surface area contributed by atoms with Crippen LogP contribution in [0.3, 0.4) is 0 Å². The molecule has 1 aliphatic heterocycles. The number of carbonyl (C=O) groups is 1. The standard InChI is InChI=1S/C15H22N2O3/c1-11(16)6-7-15(18)17-13-4-2-3-5-14(13)20-12-8-9-19-10-12/h2-5,11-12H,6-10,16H2,1H3,(H,17,18). The fourth-order valence-corrected chi connectivity index (χ4v) is 2.03. The van der Waals surface area contributed by atoms with Crippen LogP contribution >= 0.6 is 0 Å². The van der Waals surface area contributed by atoms with Gasteiger partial charge in [0.05, 0.1) is 18.9 Å². The third kappa shape index (κ3) is 4.51. The van der Waals surface area contributed by atoms with Crippen LogP contribution in [0.5, 0.6) is 5.75 Å². The molecule has 0 aliphatic carbocycles. The lowest BCUT2D eigenvalue weighted by molar-refractivity contribution is -0.116. The number of nitrogens with one attached hydrogen (secondary N) is 1. The molecule has 0 bridgehead atoms. The van der Waals surface area contributed by atoms with Crippen molar-refractivity contribution in [1.82, 2.24) is 0 Å². The average molecular weight is 278 g/mol. The first-order valence-electron chi connectivity index (χ1n) is 7.04. The first-order chi connectivity index (χ1) is 9.65. The summed E-state index contributed by atoms with van der Waals surface area (Å²) in [5, 5.41) is 2.88. The predicted octanol–water partition coefficient (Wildman–Crippen LogP) is 1.92. The number of hydrogen-bond acceptors (Lipinski definition) is 4. The van der Waals surface area contributed by atoms with E-state index in [0.717, 1.165) is 13.0 Å². The molecule has 20 heavy (non-hydrogen) atoms. The van der Waals surface area contributed by atoms with Gasteiger partial charge in [0, 0.05) is 18.9 Å². The third-order valence-corrected chi connectivity index (χ3v) is 3.17. The van der Waals surface area contributed by atoms with Gasteiger partial charge in [-0.1, -0.05) is 12.1 Å². The van der Waals surface area contributed by atoms with E-state index in [-0.39, 0.29) is 18.1 Å². The summed E-state index contributed by atoms with van der Waals surface area (Å²) in [4.78, 5) is 11.9. The van der Waals surface area contributed by atoms with Gasteiger partial charge < -0.3 is 20.5 Å². The minimum atomic E-state index is -0.0407.